The van der Waals surface area contributed by atoms with Gasteiger partial charge in [0.05, 0.1) is 7.11 Å². The maximum atomic E-state index is 10.3. The van der Waals surface area contributed by atoms with E-state index in [-0.39, 0.29) is 12.0 Å². The van der Waals surface area contributed by atoms with Crippen molar-refractivity contribution in [2.75, 3.05) is 25.2 Å². The lowest BCUT2D eigenvalue weighted by Crippen LogP contribution is -2.28. The van der Waals surface area contributed by atoms with Crippen LogP contribution >= 0.6 is 11.8 Å². The van der Waals surface area contributed by atoms with Gasteiger partial charge in [-0.3, -0.25) is 0 Å². The van der Waals surface area contributed by atoms with Crippen molar-refractivity contribution in [3.8, 4) is 5.75 Å². The zero-order valence-corrected chi connectivity index (χ0v) is 19.1. The van der Waals surface area contributed by atoms with Gasteiger partial charge in [0.25, 0.3) is 0 Å². The second-order valence-corrected chi connectivity index (χ2v) is 9.06. The third-order valence-electron chi connectivity index (χ3n) is 5.63. The van der Waals surface area contributed by atoms with Crippen molar-refractivity contribution < 1.29 is 9.84 Å². The van der Waals surface area contributed by atoms with Crippen LogP contribution in [0, 0.1) is 5.41 Å². The Morgan fingerprint density at radius 1 is 1.00 bits per heavy atom. The fourth-order valence-corrected chi connectivity index (χ4v) is 4.97. The van der Waals surface area contributed by atoms with Crippen molar-refractivity contribution >= 4 is 17.4 Å². The summed E-state index contributed by atoms with van der Waals surface area (Å²) in [7, 11) is 1.69. The van der Waals surface area contributed by atoms with E-state index in [1.165, 1.54) is 41.7 Å². The van der Waals surface area contributed by atoms with Crippen molar-refractivity contribution in [1.82, 2.24) is 0 Å². The zero-order valence-electron chi connectivity index (χ0n) is 18.2. The molecule has 0 fully saturated rings. The van der Waals surface area contributed by atoms with Gasteiger partial charge in [0.2, 0.25) is 0 Å². The maximum Gasteiger partial charge on any atom is 0.118 e. The summed E-state index contributed by atoms with van der Waals surface area (Å²) in [6.45, 7) is 4.72. The molecule has 2 aromatic carbocycles. The van der Waals surface area contributed by atoms with Crippen LogP contribution in [-0.2, 0) is 6.42 Å². The van der Waals surface area contributed by atoms with Crippen LogP contribution in [0.5, 0.6) is 5.75 Å². The lowest BCUT2D eigenvalue weighted by Gasteiger charge is -2.32. The predicted octanol–water partition coefficient (Wildman–Crippen LogP) is 6.32. The lowest BCUT2D eigenvalue weighted by molar-refractivity contribution is 0.122. The lowest BCUT2D eigenvalue weighted by atomic mass is 9.81. The first-order valence-electron chi connectivity index (χ1n) is 10.8. The summed E-state index contributed by atoms with van der Waals surface area (Å²) in [6.07, 6.45) is 7.71. The Balaban J connectivity index is 2.17. The average Bonchev–Trinajstić information content (AvgIpc) is 2.75. The quantitative estimate of drug-likeness (QED) is 0.297. The molecule has 160 valence electrons. The van der Waals surface area contributed by atoms with Gasteiger partial charge in [-0.1, -0.05) is 51.7 Å². The highest BCUT2D eigenvalue weighted by molar-refractivity contribution is 7.99. The van der Waals surface area contributed by atoms with Crippen LogP contribution in [-0.4, -0.2) is 24.6 Å². The first-order chi connectivity index (χ1) is 14.1. The minimum absolute atomic E-state index is 0.00938. The number of methoxy groups -OCH3 is 1. The highest BCUT2D eigenvalue weighted by Gasteiger charge is 2.28. The van der Waals surface area contributed by atoms with Crippen LogP contribution in [0.2, 0.25) is 0 Å². The number of aliphatic hydroxyl groups is 1. The molecule has 0 heterocycles. The number of benzene rings is 2. The summed E-state index contributed by atoms with van der Waals surface area (Å²) in [6, 6.07) is 14.4. The van der Waals surface area contributed by atoms with Gasteiger partial charge in [0.1, 0.15) is 5.75 Å². The zero-order chi connectivity index (χ0) is 21.1. The predicted molar refractivity (Wildman–Crippen MR) is 126 cm³/mol. The molecule has 0 atom stereocenters. The van der Waals surface area contributed by atoms with Crippen molar-refractivity contribution in [1.29, 1.82) is 0 Å². The van der Waals surface area contributed by atoms with E-state index in [0.29, 0.717) is 0 Å². The number of unbranched alkanes of at least 4 members (excludes halogenated alkanes) is 2. The van der Waals surface area contributed by atoms with E-state index in [1.54, 1.807) is 7.11 Å². The third kappa shape index (κ3) is 7.27. The summed E-state index contributed by atoms with van der Waals surface area (Å²) in [5.74, 6) is 1.82. The van der Waals surface area contributed by atoms with Crippen LogP contribution in [0.4, 0.5) is 5.69 Å². The standard InChI is InChI=1S/C25H37NO2S/c1-4-6-14-25(18-27,15-7-5-2)19-29-24-13-10-22(26)17-21(24)16-20-8-11-23(28-3)12-9-20/h8-13,17,27H,4-7,14-16,18-19,26H2,1-3H3. The molecule has 0 saturated heterocycles. The highest BCUT2D eigenvalue weighted by Crippen LogP contribution is 2.38. The number of rotatable bonds is 13. The highest BCUT2D eigenvalue weighted by atomic mass is 32.2. The Labute approximate surface area is 181 Å². The first-order valence-corrected chi connectivity index (χ1v) is 11.8. The summed E-state index contributed by atoms with van der Waals surface area (Å²) in [5.41, 5.74) is 9.39. The number of nitrogens with two attached hydrogens (primary N) is 1. The Hall–Kier alpha value is -1.65. The van der Waals surface area contributed by atoms with E-state index >= 15 is 0 Å². The first kappa shape index (κ1) is 23.6. The molecule has 0 aliphatic rings. The molecule has 0 saturated carbocycles. The van der Waals surface area contributed by atoms with Gasteiger partial charge >= 0.3 is 0 Å². The van der Waals surface area contributed by atoms with Gasteiger partial charge in [0.15, 0.2) is 0 Å². The summed E-state index contributed by atoms with van der Waals surface area (Å²) in [5, 5.41) is 10.3. The van der Waals surface area contributed by atoms with Crippen LogP contribution in [0.25, 0.3) is 0 Å². The Kier molecular flexibility index (Phi) is 9.89. The van der Waals surface area contributed by atoms with E-state index in [9.17, 15) is 5.11 Å². The Bertz CT molecular complexity index is 722. The molecule has 2 rings (SSSR count). The molecule has 2 aromatic rings. The molecule has 0 spiro atoms. The van der Waals surface area contributed by atoms with Crippen LogP contribution < -0.4 is 10.5 Å². The fraction of sp³-hybridized carbons (Fsp3) is 0.520. The van der Waals surface area contributed by atoms with Crippen LogP contribution in [0.15, 0.2) is 47.4 Å². The molecule has 3 N–H and O–H groups in total. The molecular formula is C25H37NO2S. The van der Waals surface area contributed by atoms with E-state index in [0.717, 1.165) is 36.5 Å². The van der Waals surface area contributed by atoms with Crippen molar-refractivity contribution in [2.24, 2.45) is 5.41 Å². The fourth-order valence-electron chi connectivity index (χ4n) is 3.65. The molecule has 0 bridgehead atoms. The van der Waals surface area contributed by atoms with Crippen LogP contribution in [0.3, 0.4) is 0 Å². The number of hydrogen-bond acceptors (Lipinski definition) is 4. The normalized spacial score (nSPS) is 11.6. The van der Waals surface area contributed by atoms with Gasteiger partial charge < -0.3 is 15.6 Å². The molecule has 4 heteroatoms. The van der Waals surface area contributed by atoms with E-state index < -0.39 is 0 Å². The van der Waals surface area contributed by atoms with E-state index in [4.69, 9.17) is 10.5 Å². The molecule has 0 aromatic heterocycles. The number of hydrogen-bond donors (Lipinski definition) is 2. The Morgan fingerprint density at radius 3 is 2.21 bits per heavy atom. The van der Waals surface area contributed by atoms with E-state index in [2.05, 4.69) is 38.1 Å². The second kappa shape index (κ2) is 12.1. The number of nitrogen functional groups attached to an aromatic ring is 1. The molecule has 0 unspecified atom stereocenters. The van der Waals surface area contributed by atoms with Gasteiger partial charge in [-0.25, -0.2) is 0 Å². The van der Waals surface area contributed by atoms with Gasteiger partial charge in [-0.05, 0) is 60.7 Å². The number of aliphatic hydroxyl groups excluding tert-OH is 1. The van der Waals surface area contributed by atoms with Crippen molar-refractivity contribution in [3.63, 3.8) is 0 Å². The van der Waals surface area contributed by atoms with E-state index in [1.807, 2.05) is 30.0 Å². The summed E-state index contributed by atoms with van der Waals surface area (Å²) < 4.78 is 5.27. The number of anilines is 1. The maximum absolute atomic E-state index is 10.3. The minimum Gasteiger partial charge on any atom is -0.497 e. The van der Waals surface area contributed by atoms with Crippen molar-refractivity contribution in [2.45, 2.75) is 63.7 Å². The topological polar surface area (TPSA) is 55.5 Å². The number of thioether (sulfide) groups is 1. The summed E-state index contributed by atoms with van der Waals surface area (Å²) >= 11 is 1.87. The minimum atomic E-state index is 0.00938. The average molecular weight is 416 g/mol. The molecular weight excluding hydrogens is 378 g/mol. The van der Waals surface area contributed by atoms with Crippen LogP contribution in [0.1, 0.15) is 63.5 Å². The van der Waals surface area contributed by atoms with Crippen molar-refractivity contribution in [3.05, 3.63) is 53.6 Å². The molecule has 0 aliphatic carbocycles. The van der Waals surface area contributed by atoms with Gasteiger partial charge in [-0.2, -0.15) is 0 Å². The summed E-state index contributed by atoms with van der Waals surface area (Å²) in [4.78, 5) is 1.26. The molecule has 29 heavy (non-hydrogen) atoms. The second-order valence-electron chi connectivity index (χ2n) is 8.05. The van der Waals surface area contributed by atoms with Gasteiger partial charge in [0, 0.05) is 28.4 Å². The molecule has 0 amide bonds. The van der Waals surface area contributed by atoms with Gasteiger partial charge in [-0.15, -0.1) is 11.8 Å². The molecule has 3 nitrogen and oxygen atoms in total. The monoisotopic (exact) mass is 415 g/mol. The molecule has 0 aliphatic heterocycles. The largest absolute Gasteiger partial charge is 0.497 e. The molecule has 0 radical (unpaired) electrons. The SMILES string of the molecule is CCCCC(CO)(CCCC)CSc1ccc(N)cc1Cc1ccc(OC)cc1. The number of ether oxygens (including phenoxy) is 1. The third-order valence-corrected chi connectivity index (χ3v) is 7.09. The Morgan fingerprint density at radius 2 is 1.66 bits per heavy atom. The smallest absolute Gasteiger partial charge is 0.118 e.